The Bertz CT molecular complexity index is 1490. The molecule has 0 bridgehead atoms. The molecule has 3 aliphatic rings. The van der Waals surface area contributed by atoms with Crippen molar-refractivity contribution in [1.29, 1.82) is 0 Å². The van der Waals surface area contributed by atoms with Gasteiger partial charge in [-0.05, 0) is 58.3 Å². The Kier molecular flexibility index (Phi) is 8.59. The van der Waals surface area contributed by atoms with Crippen molar-refractivity contribution in [2.45, 2.75) is 50.8 Å². The average molecular weight is 620 g/mol. The second kappa shape index (κ2) is 11.5. The Hall–Kier alpha value is -3.65. The number of hydrogen-bond acceptors (Lipinski definition) is 11. The third-order valence-corrected chi connectivity index (χ3v) is 8.96. The van der Waals surface area contributed by atoms with Gasteiger partial charge in [-0.3, -0.25) is 24.1 Å². The first-order chi connectivity index (χ1) is 20.0. The fraction of sp³-hybridized carbons (Fsp3) is 0.517. The van der Waals surface area contributed by atoms with E-state index in [1.54, 1.807) is 40.0 Å². The molecule has 8 N–H and O–H groups in total. The van der Waals surface area contributed by atoms with Crippen LogP contribution >= 0.6 is 11.6 Å². The highest BCUT2D eigenvalue weighted by molar-refractivity contribution is 6.38. The van der Waals surface area contributed by atoms with Crippen LogP contribution in [0.5, 0.6) is 5.75 Å². The van der Waals surface area contributed by atoms with Gasteiger partial charge < -0.3 is 41.7 Å². The molecule has 5 atom stereocenters. The molecule has 4 rings (SSSR count). The van der Waals surface area contributed by atoms with Gasteiger partial charge in [0, 0.05) is 25.6 Å². The first-order valence-corrected chi connectivity index (χ1v) is 14.3. The monoisotopic (exact) mass is 619 g/mol. The molecule has 0 radical (unpaired) electrons. The zero-order valence-electron chi connectivity index (χ0n) is 24.9. The number of likely N-dealkylation sites (N-methyl/N-ethyl adjacent to an activating group) is 1. The summed E-state index contributed by atoms with van der Waals surface area (Å²) in [4.78, 5) is 55.9. The minimum Gasteiger partial charge on any atom is -0.510 e. The van der Waals surface area contributed by atoms with Crippen molar-refractivity contribution in [3.63, 3.8) is 0 Å². The van der Waals surface area contributed by atoms with Crippen molar-refractivity contribution in [2.75, 3.05) is 45.0 Å². The van der Waals surface area contributed by atoms with Crippen LogP contribution in [0.3, 0.4) is 0 Å². The molecule has 234 valence electrons. The topological polar surface area (TPSA) is 206 Å². The van der Waals surface area contributed by atoms with E-state index < -0.39 is 75.7 Å². The molecule has 14 heteroatoms. The van der Waals surface area contributed by atoms with Gasteiger partial charge in [0.05, 0.1) is 28.4 Å². The van der Waals surface area contributed by atoms with Crippen LogP contribution in [0, 0.1) is 11.8 Å². The quantitative estimate of drug-likeness (QED) is 0.162. The number of allylic oxidation sites excluding steroid dienone is 1. The number of carbonyl (C=O) groups excluding carboxylic acids is 4. The Morgan fingerprint density at radius 1 is 1.16 bits per heavy atom. The summed E-state index contributed by atoms with van der Waals surface area (Å²) in [6, 6.07) is -1.76. The fourth-order valence-corrected chi connectivity index (χ4v) is 7.02. The number of rotatable bonds is 8. The Balaban J connectivity index is 1.93. The maximum atomic E-state index is 14.1. The molecular weight excluding hydrogens is 582 g/mol. The molecule has 0 saturated heterocycles. The predicted octanol–water partition coefficient (Wildman–Crippen LogP) is 1.17. The Labute approximate surface area is 254 Å². The van der Waals surface area contributed by atoms with E-state index in [4.69, 9.17) is 17.3 Å². The molecule has 0 spiro atoms. The normalized spacial score (nSPS) is 25.7. The Morgan fingerprint density at radius 3 is 2.33 bits per heavy atom. The third-order valence-electron chi connectivity index (χ3n) is 8.59. The number of nitrogens with two attached hydrogens (primary N) is 1. The summed E-state index contributed by atoms with van der Waals surface area (Å²) in [5, 5.41) is 51.3. The summed E-state index contributed by atoms with van der Waals surface area (Å²) in [6.45, 7) is 4.14. The van der Waals surface area contributed by atoms with Gasteiger partial charge in [0.2, 0.25) is 11.7 Å². The number of halogens is 1. The molecule has 0 aromatic heterocycles. The molecule has 0 fully saturated rings. The zero-order chi connectivity index (χ0) is 32.3. The number of fused-ring (bicyclic) bond motifs is 3. The first kappa shape index (κ1) is 32.3. The standard InChI is InChI=1S/C29H38ClN5O8/c1-7-8-32-11(2)28(42)33-19-18(30)20(34(3)4)13-9-12-10-14-21(35(5)6)24(38)17(27(31)41)26(40)29(14,43)25(39)15(12)22(36)16(13)23(19)37/h11-12,14,21,32,37-39,43H,7-10H2,1-6H3,(H2,31,41)(H,33,42)/t11?,12?,14?,21-,29?/m0/s1. The largest absolute Gasteiger partial charge is 0.510 e. The van der Waals surface area contributed by atoms with Gasteiger partial charge in [0.1, 0.15) is 22.8 Å². The average Bonchev–Trinajstić information content (AvgIpc) is 2.90. The number of primary amides is 1. The second-order valence-electron chi connectivity index (χ2n) is 11.8. The minimum atomic E-state index is -2.76. The number of nitrogens with zero attached hydrogens (tertiary/aromatic N) is 2. The van der Waals surface area contributed by atoms with Gasteiger partial charge in [-0.2, -0.15) is 0 Å². The summed E-state index contributed by atoms with van der Waals surface area (Å²) < 4.78 is 0. The number of ketones is 2. The molecule has 0 aliphatic heterocycles. The van der Waals surface area contributed by atoms with Gasteiger partial charge in [-0.25, -0.2) is 0 Å². The lowest BCUT2D eigenvalue weighted by molar-refractivity contribution is -0.148. The van der Waals surface area contributed by atoms with E-state index in [9.17, 15) is 39.6 Å². The number of aromatic hydroxyl groups is 1. The number of carbonyl (C=O) groups is 4. The van der Waals surface area contributed by atoms with Crippen LogP contribution in [0.25, 0.3) is 0 Å². The second-order valence-corrected chi connectivity index (χ2v) is 12.1. The van der Waals surface area contributed by atoms with Crippen molar-refractivity contribution in [3.8, 4) is 5.75 Å². The number of hydrogen-bond donors (Lipinski definition) is 7. The van der Waals surface area contributed by atoms with Crippen LogP contribution in [-0.4, -0.2) is 101 Å². The fourth-order valence-electron chi connectivity index (χ4n) is 6.60. The molecule has 43 heavy (non-hydrogen) atoms. The lowest BCUT2D eigenvalue weighted by Gasteiger charge is -2.50. The van der Waals surface area contributed by atoms with Gasteiger partial charge >= 0.3 is 0 Å². The van der Waals surface area contributed by atoms with Crippen LogP contribution in [-0.2, 0) is 20.8 Å². The van der Waals surface area contributed by atoms with Crippen molar-refractivity contribution in [2.24, 2.45) is 17.6 Å². The highest BCUT2D eigenvalue weighted by Gasteiger charge is 2.63. The van der Waals surface area contributed by atoms with Crippen molar-refractivity contribution in [1.82, 2.24) is 10.2 Å². The summed E-state index contributed by atoms with van der Waals surface area (Å²) in [7, 11) is 6.48. The smallest absolute Gasteiger partial charge is 0.255 e. The van der Waals surface area contributed by atoms with E-state index in [0.717, 1.165) is 6.42 Å². The molecule has 2 amide bonds. The van der Waals surface area contributed by atoms with E-state index in [0.29, 0.717) is 17.8 Å². The van der Waals surface area contributed by atoms with E-state index in [-0.39, 0.29) is 34.7 Å². The number of aliphatic hydroxyl groups excluding tert-OH is 2. The summed E-state index contributed by atoms with van der Waals surface area (Å²) in [5.41, 5.74) is 1.69. The summed E-state index contributed by atoms with van der Waals surface area (Å²) in [5.74, 6) is -8.18. The third kappa shape index (κ3) is 4.84. The first-order valence-electron chi connectivity index (χ1n) is 14.0. The number of Topliss-reactive ketones (excluding diaryl/α,β-unsaturated/α-hetero) is 2. The van der Waals surface area contributed by atoms with Crippen molar-refractivity contribution in [3.05, 3.63) is 38.8 Å². The zero-order valence-corrected chi connectivity index (χ0v) is 25.7. The number of nitrogens with one attached hydrogen (secondary N) is 2. The number of benzene rings is 1. The SMILES string of the molecule is CCCNC(C)C(=O)Nc1c(O)c2c(c(N(C)C)c1Cl)CC1CC3[C@H](N(C)C)C(O)=C(C(N)=O)C(=O)C3(O)C(O)=C1C2=O. The van der Waals surface area contributed by atoms with Crippen LogP contribution in [0.1, 0.15) is 42.6 Å². The maximum absolute atomic E-state index is 14.1. The van der Waals surface area contributed by atoms with Crippen molar-refractivity contribution >= 4 is 46.4 Å². The molecule has 0 heterocycles. The van der Waals surface area contributed by atoms with Crippen LogP contribution in [0.4, 0.5) is 11.4 Å². The molecule has 0 saturated carbocycles. The van der Waals surface area contributed by atoms with Gasteiger partial charge in [0.25, 0.3) is 5.91 Å². The minimum absolute atomic E-state index is 0.000234. The van der Waals surface area contributed by atoms with Gasteiger partial charge in [0.15, 0.2) is 17.1 Å². The van der Waals surface area contributed by atoms with Crippen LogP contribution < -0.4 is 21.3 Å². The highest BCUT2D eigenvalue weighted by Crippen LogP contribution is 2.55. The van der Waals surface area contributed by atoms with Gasteiger partial charge in [-0.1, -0.05) is 18.5 Å². The molecule has 13 nitrogen and oxygen atoms in total. The van der Waals surface area contributed by atoms with E-state index in [2.05, 4.69) is 10.6 Å². The number of anilines is 2. The Morgan fingerprint density at radius 2 is 1.79 bits per heavy atom. The summed E-state index contributed by atoms with van der Waals surface area (Å²) >= 11 is 6.75. The lowest BCUT2D eigenvalue weighted by Crippen LogP contribution is -2.63. The molecule has 3 aliphatic carbocycles. The molecule has 1 aromatic carbocycles. The van der Waals surface area contributed by atoms with Crippen LogP contribution in [0.15, 0.2) is 22.7 Å². The summed E-state index contributed by atoms with van der Waals surface area (Å²) in [6.07, 6.45) is 0.775. The number of aliphatic hydroxyl groups is 3. The van der Waals surface area contributed by atoms with E-state index in [1.165, 1.54) is 4.90 Å². The number of phenolic OH excluding ortho intramolecular Hbond substituents is 1. The lowest BCUT2D eigenvalue weighted by atomic mass is 9.58. The molecule has 1 aromatic rings. The highest BCUT2D eigenvalue weighted by atomic mass is 35.5. The van der Waals surface area contributed by atoms with Crippen LogP contribution in [0.2, 0.25) is 5.02 Å². The number of amides is 2. The van der Waals surface area contributed by atoms with E-state index in [1.807, 2.05) is 6.92 Å². The predicted molar refractivity (Wildman–Crippen MR) is 159 cm³/mol. The molecular formula is C29H38ClN5O8. The maximum Gasteiger partial charge on any atom is 0.255 e. The van der Waals surface area contributed by atoms with Gasteiger partial charge in [-0.15, -0.1) is 0 Å². The van der Waals surface area contributed by atoms with E-state index >= 15 is 0 Å². The number of phenols is 1. The molecule has 4 unspecified atom stereocenters. The van der Waals surface area contributed by atoms with Crippen molar-refractivity contribution < 1.29 is 39.6 Å².